The minimum absolute atomic E-state index is 0.238. The third kappa shape index (κ3) is 3.79. The predicted molar refractivity (Wildman–Crippen MR) is 58.7 cm³/mol. The summed E-state index contributed by atoms with van der Waals surface area (Å²) in [6.07, 6.45) is -10.7. The molecular weight excluding hydrogens is 306 g/mol. The summed E-state index contributed by atoms with van der Waals surface area (Å²) < 4.78 is 81.2. The number of halogens is 6. The van der Waals surface area contributed by atoms with Crippen LogP contribution in [-0.2, 0) is 17.1 Å². The second kappa shape index (κ2) is 5.82. The van der Waals surface area contributed by atoms with Gasteiger partial charge in [0.05, 0.1) is 17.7 Å². The molecule has 21 heavy (non-hydrogen) atoms. The zero-order valence-electron chi connectivity index (χ0n) is 10.6. The van der Waals surface area contributed by atoms with Gasteiger partial charge in [-0.1, -0.05) is 6.92 Å². The standard InChI is InChI=1S/C12H10F6O3/c1-2-5-21-10(20)6-3-4-7(19)9(12(16,17)18)8(6)11(13,14)15/h3-4,19H,2,5H2,1H3. The van der Waals surface area contributed by atoms with E-state index in [1.807, 2.05) is 0 Å². The van der Waals surface area contributed by atoms with Crippen LogP contribution in [0.1, 0.15) is 34.8 Å². The number of hydrogen-bond donors (Lipinski definition) is 1. The Morgan fingerprint density at radius 1 is 1.10 bits per heavy atom. The molecule has 1 aromatic rings. The average molecular weight is 316 g/mol. The summed E-state index contributed by atoms with van der Waals surface area (Å²) in [6.45, 7) is 1.33. The van der Waals surface area contributed by atoms with Crippen molar-refractivity contribution in [2.45, 2.75) is 25.7 Å². The van der Waals surface area contributed by atoms with E-state index in [2.05, 4.69) is 4.74 Å². The Morgan fingerprint density at radius 2 is 1.62 bits per heavy atom. The van der Waals surface area contributed by atoms with Crippen molar-refractivity contribution in [2.75, 3.05) is 6.61 Å². The number of carbonyl (C=O) groups is 1. The Kier molecular flexibility index (Phi) is 4.75. The number of carbonyl (C=O) groups excluding carboxylic acids is 1. The van der Waals surface area contributed by atoms with Crippen LogP contribution in [0.2, 0.25) is 0 Å². The van der Waals surface area contributed by atoms with Gasteiger partial charge in [-0.05, 0) is 18.6 Å². The molecule has 0 atom stereocenters. The predicted octanol–water partition coefficient (Wildman–Crippen LogP) is 4.00. The normalized spacial score (nSPS) is 12.3. The molecule has 3 nitrogen and oxygen atoms in total. The van der Waals surface area contributed by atoms with Gasteiger partial charge in [-0.15, -0.1) is 0 Å². The Hall–Kier alpha value is -1.93. The fourth-order valence-electron chi connectivity index (χ4n) is 1.62. The van der Waals surface area contributed by atoms with E-state index in [9.17, 15) is 31.1 Å². The van der Waals surface area contributed by atoms with Gasteiger partial charge in [0.15, 0.2) is 0 Å². The molecule has 1 aromatic carbocycles. The Labute approximate surface area is 115 Å². The molecule has 0 heterocycles. The lowest BCUT2D eigenvalue weighted by molar-refractivity contribution is -0.163. The van der Waals surface area contributed by atoms with Gasteiger partial charge in [-0.25, -0.2) is 4.79 Å². The van der Waals surface area contributed by atoms with Crippen LogP contribution in [0.5, 0.6) is 5.75 Å². The summed E-state index contributed by atoms with van der Waals surface area (Å²) in [4.78, 5) is 11.5. The van der Waals surface area contributed by atoms with Crippen LogP contribution in [0, 0.1) is 0 Å². The Balaban J connectivity index is 3.57. The molecule has 0 amide bonds. The van der Waals surface area contributed by atoms with Crippen LogP contribution in [0.25, 0.3) is 0 Å². The van der Waals surface area contributed by atoms with Crippen molar-refractivity contribution in [2.24, 2.45) is 0 Å². The monoisotopic (exact) mass is 316 g/mol. The summed E-state index contributed by atoms with van der Waals surface area (Å²) in [6, 6.07) is 0.825. The second-order valence-electron chi connectivity index (χ2n) is 4.01. The molecular formula is C12H10F6O3. The molecule has 118 valence electrons. The van der Waals surface area contributed by atoms with Gasteiger partial charge in [0.1, 0.15) is 11.3 Å². The number of aromatic hydroxyl groups is 1. The van der Waals surface area contributed by atoms with Crippen molar-refractivity contribution in [3.05, 3.63) is 28.8 Å². The number of phenolic OH excluding ortho intramolecular Hbond substituents is 1. The molecule has 0 bridgehead atoms. The third-order valence-corrected chi connectivity index (χ3v) is 2.41. The highest BCUT2D eigenvalue weighted by Gasteiger charge is 2.48. The van der Waals surface area contributed by atoms with E-state index in [0.717, 1.165) is 0 Å². The zero-order valence-corrected chi connectivity index (χ0v) is 10.6. The average Bonchev–Trinajstić information content (AvgIpc) is 2.32. The van der Waals surface area contributed by atoms with Crippen molar-refractivity contribution >= 4 is 5.97 Å². The number of phenols is 1. The maximum atomic E-state index is 12.9. The van der Waals surface area contributed by atoms with Crippen molar-refractivity contribution in [1.82, 2.24) is 0 Å². The van der Waals surface area contributed by atoms with E-state index in [0.29, 0.717) is 12.1 Å². The van der Waals surface area contributed by atoms with E-state index in [1.54, 1.807) is 6.92 Å². The first kappa shape index (κ1) is 17.1. The van der Waals surface area contributed by atoms with Crippen molar-refractivity contribution in [3.63, 3.8) is 0 Å². The van der Waals surface area contributed by atoms with Crippen LogP contribution in [0.15, 0.2) is 12.1 Å². The van der Waals surface area contributed by atoms with Gasteiger partial charge in [0, 0.05) is 0 Å². The fourth-order valence-corrected chi connectivity index (χ4v) is 1.62. The first-order valence-electron chi connectivity index (χ1n) is 5.67. The van der Waals surface area contributed by atoms with E-state index >= 15 is 0 Å². The van der Waals surface area contributed by atoms with E-state index < -0.39 is 40.8 Å². The highest BCUT2D eigenvalue weighted by atomic mass is 19.4. The van der Waals surface area contributed by atoms with E-state index in [-0.39, 0.29) is 13.0 Å². The highest BCUT2D eigenvalue weighted by Crippen LogP contribution is 2.46. The van der Waals surface area contributed by atoms with E-state index in [4.69, 9.17) is 5.11 Å². The SMILES string of the molecule is CCCOC(=O)c1ccc(O)c(C(F)(F)F)c1C(F)(F)F. The first-order chi connectivity index (χ1) is 9.50. The smallest absolute Gasteiger partial charge is 0.420 e. The van der Waals surface area contributed by atoms with Crippen LogP contribution in [0.3, 0.4) is 0 Å². The molecule has 0 unspecified atom stereocenters. The van der Waals surface area contributed by atoms with Gasteiger partial charge in [0.2, 0.25) is 0 Å². The lowest BCUT2D eigenvalue weighted by Crippen LogP contribution is -2.22. The summed E-state index contributed by atoms with van der Waals surface area (Å²) in [7, 11) is 0. The van der Waals surface area contributed by atoms with Gasteiger partial charge in [-0.3, -0.25) is 0 Å². The van der Waals surface area contributed by atoms with Crippen LogP contribution in [0.4, 0.5) is 26.3 Å². The summed E-state index contributed by atoms with van der Waals surface area (Å²) in [5.74, 6) is -3.14. The van der Waals surface area contributed by atoms with Gasteiger partial charge < -0.3 is 9.84 Å². The largest absolute Gasteiger partial charge is 0.507 e. The zero-order chi connectivity index (χ0) is 16.4. The van der Waals surface area contributed by atoms with Gasteiger partial charge in [-0.2, -0.15) is 26.3 Å². The molecule has 0 radical (unpaired) electrons. The molecule has 0 fully saturated rings. The molecule has 0 aromatic heterocycles. The number of hydrogen-bond acceptors (Lipinski definition) is 3. The Bertz CT molecular complexity index is 533. The third-order valence-electron chi connectivity index (χ3n) is 2.41. The molecule has 0 spiro atoms. The lowest BCUT2D eigenvalue weighted by Gasteiger charge is -2.19. The van der Waals surface area contributed by atoms with Gasteiger partial charge >= 0.3 is 18.3 Å². The molecule has 1 rings (SSSR count). The van der Waals surface area contributed by atoms with Crippen molar-refractivity contribution in [3.8, 4) is 5.75 Å². The second-order valence-corrected chi connectivity index (χ2v) is 4.01. The van der Waals surface area contributed by atoms with Gasteiger partial charge in [0.25, 0.3) is 0 Å². The molecule has 0 saturated heterocycles. The number of esters is 1. The quantitative estimate of drug-likeness (QED) is 0.677. The molecule has 0 aliphatic carbocycles. The number of benzene rings is 1. The number of alkyl halides is 6. The van der Waals surface area contributed by atoms with E-state index in [1.165, 1.54) is 0 Å². The Morgan fingerprint density at radius 3 is 2.05 bits per heavy atom. The molecule has 0 aliphatic heterocycles. The minimum atomic E-state index is -5.48. The summed E-state index contributed by atoms with van der Waals surface area (Å²) in [5.41, 5.74) is -5.85. The summed E-state index contributed by atoms with van der Waals surface area (Å²) in [5, 5.41) is 9.10. The lowest BCUT2D eigenvalue weighted by atomic mass is 9.98. The van der Waals surface area contributed by atoms with Crippen LogP contribution in [-0.4, -0.2) is 17.7 Å². The van der Waals surface area contributed by atoms with Crippen LogP contribution >= 0.6 is 0 Å². The number of rotatable bonds is 3. The summed E-state index contributed by atoms with van der Waals surface area (Å²) >= 11 is 0. The molecule has 1 N–H and O–H groups in total. The topological polar surface area (TPSA) is 46.5 Å². The molecule has 9 heteroatoms. The first-order valence-corrected chi connectivity index (χ1v) is 5.67. The maximum absolute atomic E-state index is 12.9. The maximum Gasteiger partial charge on any atom is 0.420 e. The minimum Gasteiger partial charge on any atom is -0.507 e. The fraction of sp³-hybridized carbons (Fsp3) is 0.417. The number of ether oxygens (including phenoxy) is 1. The molecule has 0 aliphatic rings. The highest BCUT2D eigenvalue weighted by molar-refractivity contribution is 5.92. The molecule has 0 saturated carbocycles. The van der Waals surface area contributed by atoms with Crippen molar-refractivity contribution in [1.29, 1.82) is 0 Å². The van der Waals surface area contributed by atoms with Crippen molar-refractivity contribution < 1.29 is 41.0 Å². The van der Waals surface area contributed by atoms with Crippen LogP contribution < -0.4 is 0 Å².